The first-order valence-electron chi connectivity index (χ1n) is 25.3. The number of aryl methyl sites for hydroxylation is 2. The highest BCUT2D eigenvalue weighted by atomic mass is 32.2. The second-order valence-corrected chi connectivity index (χ2v) is 22.9. The first kappa shape index (κ1) is 56.4. The number of aliphatic hydroxyl groups is 1. The van der Waals surface area contributed by atoms with Crippen LogP contribution in [0.2, 0.25) is 0 Å². The summed E-state index contributed by atoms with van der Waals surface area (Å²) in [5.74, 6) is -5.12. The third-order valence-electron chi connectivity index (χ3n) is 13.6. The number of likely N-dealkylation sites (tertiary alicyclic amines) is 1. The maximum absolute atomic E-state index is 14.3. The lowest BCUT2D eigenvalue weighted by Crippen LogP contribution is -2.57. The topological polar surface area (TPSA) is 251 Å². The molecule has 4 aromatic carbocycles. The second kappa shape index (κ2) is 23.2. The number of hydrogen-bond acceptors (Lipinski definition) is 14. The van der Waals surface area contributed by atoms with Crippen LogP contribution >= 0.6 is 11.3 Å². The van der Waals surface area contributed by atoms with E-state index in [4.69, 9.17) is 20.3 Å². The Morgan fingerprint density at radius 1 is 0.950 bits per heavy atom. The molecule has 24 heteroatoms. The van der Waals surface area contributed by atoms with Crippen LogP contribution < -0.4 is 30.6 Å². The SMILES string of the molecule is Cc1ncsc1-c1ccc(CNC(=O)[C@@H]2C[C@@H](O)CN2C(=O)[C@@H](NC(=O)c2ccc(OCCn3cc(-c4cnc(N)c5c(-c6ccc(NS(=O)(=O)C(F)F)c(O[C@@H](C)c7ccc(F)cc7)c6)nn(C)c45)cn3)cc2)C(C)(C)C)cc1. The molecule has 1 fully saturated rings. The van der Waals surface area contributed by atoms with E-state index in [1.54, 1.807) is 83.0 Å². The summed E-state index contributed by atoms with van der Waals surface area (Å²) in [5, 5.41) is 26.2. The normalized spacial score (nSPS) is 15.5. The molecule has 0 bridgehead atoms. The molecule has 4 aromatic heterocycles. The third-order valence-corrected chi connectivity index (χ3v) is 15.6. The van der Waals surface area contributed by atoms with Crippen LogP contribution in [0, 0.1) is 18.2 Å². The van der Waals surface area contributed by atoms with E-state index in [9.17, 15) is 41.1 Å². The number of anilines is 2. The number of carbonyl (C=O) groups is 3. The van der Waals surface area contributed by atoms with Crippen molar-refractivity contribution in [2.75, 3.05) is 23.6 Å². The number of nitrogens with one attached hydrogen (secondary N) is 3. The minimum atomic E-state index is -5.10. The zero-order valence-corrected chi connectivity index (χ0v) is 46.0. The van der Waals surface area contributed by atoms with E-state index in [1.807, 2.05) is 56.7 Å². The van der Waals surface area contributed by atoms with Gasteiger partial charge in [-0.3, -0.25) is 28.5 Å². The van der Waals surface area contributed by atoms with Crippen LogP contribution in [-0.4, -0.2) is 103 Å². The fourth-order valence-corrected chi connectivity index (χ4v) is 10.7. The predicted octanol–water partition coefficient (Wildman–Crippen LogP) is 8.26. The summed E-state index contributed by atoms with van der Waals surface area (Å²) in [6.07, 6.45) is 3.37. The number of rotatable bonds is 19. The Morgan fingerprint density at radius 2 is 1.66 bits per heavy atom. The molecule has 1 aliphatic heterocycles. The van der Waals surface area contributed by atoms with Crippen LogP contribution in [0.3, 0.4) is 0 Å². The fourth-order valence-electron chi connectivity index (χ4n) is 9.37. The molecular formula is C56H58F3N11O8S2. The van der Waals surface area contributed by atoms with Gasteiger partial charge in [0.1, 0.15) is 53.6 Å². The number of β-amino-alcohol motifs (C(OH)–C–C–N with tert-alkyl or cyclic N) is 1. The number of halogens is 3. The Bertz CT molecular complexity index is 3680. The van der Waals surface area contributed by atoms with Crippen LogP contribution in [0.5, 0.6) is 11.5 Å². The lowest BCUT2D eigenvalue weighted by molar-refractivity contribution is -0.142. The molecule has 9 rings (SSSR count). The van der Waals surface area contributed by atoms with Gasteiger partial charge in [0.25, 0.3) is 15.9 Å². The van der Waals surface area contributed by atoms with Crippen LogP contribution in [0.15, 0.2) is 115 Å². The number of hydrogen-bond donors (Lipinski definition) is 5. The number of fused-ring (bicyclic) bond motifs is 1. The summed E-state index contributed by atoms with van der Waals surface area (Å²) in [7, 11) is -3.39. The number of alkyl halides is 2. The van der Waals surface area contributed by atoms with Crippen molar-refractivity contribution in [1.82, 2.24) is 45.1 Å². The molecule has 1 saturated heterocycles. The number of pyridine rings is 1. The monoisotopic (exact) mass is 1130 g/mol. The summed E-state index contributed by atoms with van der Waals surface area (Å²) >= 11 is 1.55. The standard InChI is InChI=1S/C56H58F3N11O8S2/c1-31-49(79-30-63-31)35-9-7-33(8-10-35)25-62-53(73)44-24-40(71)29-70(44)54(74)50(56(3,4)5)65-52(72)36-13-18-41(19-14-36)77-22-21-69-28-38(26-64-69)42-27-61-51(60)46-47(66-68(6)48(42)46)37-15-20-43(67-80(75,76)55(58)59)45(23-37)78-32(2)34-11-16-39(57)17-12-34/h7-20,23,26-28,30,32,40,44,50,55,67,71H,21-22,24-25,29H2,1-6H3,(H2,60,61)(H,62,73)(H,65,72)/t32-,40+,44-,50+/m0/s1. The van der Waals surface area contributed by atoms with E-state index in [1.165, 1.54) is 47.4 Å². The molecular weight excluding hydrogens is 1080 g/mol. The summed E-state index contributed by atoms with van der Waals surface area (Å²) in [6, 6.07) is 21.9. The van der Waals surface area contributed by atoms with Crippen LogP contribution in [-0.2, 0) is 39.7 Å². The molecule has 0 spiro atoms. The zero-order valence-electron chi connectivity index (χ0n) is 44.4. The smallest absolute Gasteiger partial charge is 0.355 e. The van der Waals surface area contributed by atoms with E-state index in [0.717, 1.165) is 21.7 Å². The Balaban J connectivity index is 0.832. The third kappa shape index (κ3) is 12.4. The lowest BCUT2D eigenvalue weighted by atomic mass is 9.85. The number of nitrogens with two attached hydrogens (primary N) is 1. The van der Waals surface area contributed by atoms with Gasteiger partial charge in [-0.15, -0.1) is 11.3 Å². The van der Waals surface area contributed by atoms with Crippen molar-refractivity contribution in [1.29, 1.82) is 0 Å². The highest BCUT2D eigenvalue weighted by Crippen LogP contribution is 2.41. The van der Waals surface area contributed by atoms with Crippen molar-refractivity contribution >= 4 is 61.5 Å². The number of aromatic nitrogens is 6. The van der Waals surface area contributed by atoms with E-state index >= 15 is 0 Å². The summed E-state index contributed by atoms with van der Waals surface area (Å²) in [5.41, 5.74) is 13.5. The number of nitrogen functional groups attached to an aromatic ring is 1. The molecule has 8 aromatic rings. The van der Waals surface area contributed by atoms with Gasteiger partial charge < -0.3 is 35.8 Å². The second-order valence-electron chi connectivity index (χ2n) is 20.4. The molecule has 80 heavy (non-hydrogen) atoms. The van der Waals surface area contributed by atoms with Gasteiger partial charge in [0, 0.05) is 61.2 Å². The van der Waals surface area contributed by atoms with Gasteiger partial charge in [-0.25, -0.2) is 22.8 Å². The average Bonchev–Trinajstić information content (AvgIpc) is 4.36. The van der Waals surface area contributed by atoms with Crippen molar-refractivity contribution in [3.05, 3.63) is 143 Å². The maximum Gasteiger partial charge on any atom is 0.355 e. The molecule has 418 valence electrons. The number of aliphatic hydroxyl groups excluding tert-OH is 1. The Labute approximate surface area is 463 Å². The van der Waals surface area contributed by atoms with E-state index in [-0.39, 0.29) is 48.9 Å². The van der Waals surface area contributed by atoms with Crippen LogP contribution in [0.4, 0.5) is 24.7 Å². The molecule has 6 N–H and O–H groups in total. The number of benzene rings is 4. The van der Waals surface area contributed by atoms with E-state index < -0.39 is 69.0 Å². The minimum Gasteiger partial charge on any atom is -0.492 e. The molecule has 19 nitrogen and oxygen atoms in total. The highest BCUT2D eigenvalue weighted by molar-refractivity contribution is 7.93. The summed E-state index contributed by atoms with van der Waals surface area (Å²) < 4.78 is 82.6. The maximum atomic E-state index is 14.3. The van der Waals surface area contributed by atoms with Crippen molar-refractivity contribution in [3.63, 3.8) is 0 Å². The van der Waals surface area contributed by atoms with Crippen molar-refractivity contribution in [3.8, 4) is 44.3 Å². The molecule has 0 unspecified atom stereocenters. The van der Waals surface area contributed by atoms with E-state index in [0.29, 0.717) is 51.1 Å². The van der Waals surface area contributed by atoms with Crippen LogP contribution in [0.25, 0.3) is 43.7 Å². The average molecular weight is 1130 g/mol. The molecule has 0 saturated carbocycles. The van der Waals surface area contributed by atoms with Gasteiger partial charge in [-0.05, 0) is 84.5 Å². The van der Waals surface area contributed by atoms with Gasteiger partial charge in [0.05, 0.1) is 51.5 Å². The van der Waals surface area contributed by atoms with Gasteiger partial charge in [0.2, 0.25) is 11.8 Å². The molecule has 0 radical (unpaired) electrons. The Hall–Kier alpha value is -8.35. The number of thiazole rings is 1. The zero-order chi connectivity index (χ0) is 57.2. The molecule has 5 heterocycles. The first-order chi connectivity index (χ1) is 38.0. The Kier molecular flexibility index (Phi) is 16.3. The highest BCUT2D eigenvalue weighted by Gasteiger charge is 2.44. The molecule has 1 aliphatic rings. The first-order valence-corrected chi connectivity index (χ1v) is 27.8. The van der Waals surface area contributed by atoms with Crippen molar-refractivity contribution < 1.29 is 50.6 Å². The number of sulfonamides is 1. The number of carbonyl (C=O) groups excluding carboxylic acids is 3. The van der Waals surface area contributed by atoms with E-state index in [2.05, 4.69) is 25.7 Å². The predicted molar refractivity (Wildman–Crippen MR) is 296 cm³/mol. The fraction of sp³-hybridized carbons (Fsp3) is 0.304. The molecule has 3 amide bonds. The summed E-state index contributed by atoms with van der Waals surface area (Å²) in [4.78, 5) is 52.8. The van der Waals surface area contributed by atoms with Gasteiger partial charge in [-0.2, -0.15) is 19.0 Å². The molecule has 4 atom stereocenters. The number of nitrogens with zero attached hydrogens (tertiary/aromatic N) is 7. The van der Waals surface area contributed by atoms with Crippen LogP contribution in [0.1, 0.15) is 67.4 Å². The van der Waals surface area contributed by atoms with Crippen molar-refractivity contribution in [2.45, 2.75) is 84.2 Å². The number of amides is 3. The summed E-state index contributed by atoms with van der Waals surface area (Å²) in [6.45, 7) is 9.68. The van der Waals surface area contributed by atoms with Crippen molar-refractivity contribution in [2.24, 2.45) is 12.5 Å². The largest absolute Gasteiger partial charge is 0.492 e. The lowest BCUT2D eigenvalue weighted by Gasteiger charge is -2.35. The number of ether oxygens (including phenoxy) is 2. The minimum absolute atomic E-state index is 0.0549. The van der Waals surface area contributed by atoms with Gasteiger partial charge in [0.15, 0.2) is 0 Å². The Morgan fingerprint density at radius 3 is 2.34 bits per heavy atom. The van der Waals surface area contributed by atoms with Gasteiger partial charge in [-0.1, -0.05) is 63.2 Å². The van der Waals surface area contributed by atoms with Gasteiger partial charge >= 0.3 is 5.76 Å². The quantitative estimate of drug-likeness (QED) is 0.0512. The molecule has 0 aliphatic carbocycles.